The molecule has 0 amide bonds. The van der Waals surface area contributed by atoms with Crippen LogP contribution in [0.4, 0.5) is 0 Å². The average molecular weight is 477 g/mol. The number of aromatic nitrogens is 2. The minimum atomic E-state index is -3.87. The first-order valence-corrected chi connectivity index (χ1v) is 11.7. The van der Waals surface area contributed by atoms with E-state index >= 15 is 0 Å². The number of benzene rings is 1. The molecule has 1 aliphatic rings. The van der Waals surface area contributed by atoms with Crippen molar-refractivity contribution < 1.29 is 17.9 Å². The Hall–Kier alpha value is -2.19. The number of aryl methyl sites for hydroxylation is 1. The molecule has 0 bridgehead atoms. The summed E-state index contributed by atoms with van der Waals surface area (Å²) >= 11 is 3.31. The average Bonchev–Trinajstić information content (AvgIpc) is 3.34. The second kappa shape index (κ2) is 7.57. The highest BCUT2D eigenvalue weighted by molar-refractivity contribution is 9.10. The van der Waals surface area contributed by atoms with Gasteiger partial charge in [-0.1, -0.05) is 34.8 Å². The first kappa shape index (κ1) is 20.1. The fourth-order valence-electron chi connectivity index (χ4n) is 3.86. The van der Waals surface area contributed by atoms with Crippen LogP contribution in [-0.2, 0) is 26.0 Å². The Morgan fingerprint density at radius 2 is 1.83 bits per heavy atom. The number of hydrogen-bond donors (Lipinski definition) is 0. The topological polar surface area (TPSA) is 77.7 Å². The first-order valence-electron chi connectivity index (χ1n) is 9.43. The SMILES string of the molecule is Cc1ccc2nc(COC(=O)C3(S(=O)(=O)c4ccc(Br)cc4)CCCC3)cn2c1. The summed E-state index contributed by atoms with van der Waals surface area (Å²) in [6.07, 6.45) is 5.63. The fourth-order valence-corrected chi connectivity index (χ4v) is 6.18. The van der Waals surface area contributed by atoms with Gasteiger partial charge >= 0.3 is 5.97 Å². The van der Waals surface area contributed by atoms with Gasteiger partial charge in [0.05, 0.1) is 10.6 Å². The fraction of sp³-hybridized carbons (Fsp3) is 0.333. The molecule has 1 aliphatic carbocycles. The maximum absolute atomic E-state index is 13.4. The van der Waals surface area contributed by atoms with Gasteiger partial charge in [-0.3, -0.25) is 4.79 Å². The molecular weight excluding hydrogens is 456 g/mol. The van der Waals surface area contributed by atoms with Crippen molar-refractivity contribution in [3.8, 4) is 0 Å². The quantitative estimate of drug-likeness (QED) is 0.514. The van der Waals surface area contributed by atoms with Gasteiger partial charge in [0, 0.05) is 16.9 Å². The molecule has 0 N–H and O–H groups in total. The second-order valence-electron chi connectivity index (χ2n) is 7.44. The number of ether oxygens (including phenoxy) is 1. The standard InChI is InChI=1S/C21H21BrN2O4S/c1-15-4-9-19-23-17(13-24(19)12-15)14-28-20(25)21(10-2-3-11-21)29(26,27)18-7-5-16(22)6-8-18/h4-9,12-13H,2-3,10-11,14H2,1H3. The molecule has 2 heterocycles. The zero-order chi connectivity index (χ0) is 20.6. The summed E-state index contributed by atoms with van der Waals surface area (Å²) in [5.74, 6) is -0.689. The van der Waals surface area contributed by atoms with Gasteiger partial charge in [0.25, 0.3) is 0 Å². The Kier molecular flexibility index (Phi) is 5.25. The number of nitrogens with zero attached hydrogens (tertiary/aromatic N) is 2. The smallest absolute Gasteiger partial charge is 0.328 e. The van der Waals surface area contributed by atoms with Crippen molar-refractivity contribution in [1.82, 2.24) is 9.38 Å². The summed E-state index contributed by atoms with van der Waals surface area (Å²) in [4.78, 5) is 17.6. The van der Waals surface area contributed by atoms with E-state index in [1.165, 1.54) is 12.1 Å². The number of pyridine rings is 1. The summed E-state index contributed by atoms with van der Waals surface area (Å²) in [5.41, 5.74) is 2.42. The summed E-state index contributed by atoms with van der Waals surface area (Å²) in [6.45, 7) is 1.92. The van der Waals surface area contributed by atoms with Gasteiger partial charge in [0.15, 0.2) is 14.6 Å². The van der Waals surface area contributed by atoms with Crippen LogP contribution in [0.3, 0.4) is 0 Å². The van der Waals surface area contributed by atoms with Crippen LogP contribution in [0.1, 0.15) is 36.9 Å². The Morgan fingerprint density at radius 1 is 1.14 bits per heavy atom. The third kappa shape index (κ3) is 3.59. The summed E-state index contributed by atoms with van der Waals surface area (Å²) in [5, 5.41) is 0. The van der Waals surface area contributed by atoms with Crippen LogP contribution in [0.25, 0.3) is 5.65 Å². The number of carbonyl (C=O) groups excluding carboxylic acids is 1. The number of rotatable bonds is 5. The lowest BCUT2D eigenvalue weighted by atomic mass is 10.1. The molecule has 4 rings (SSSR count). The van der Waals surface area contributed by atoms with E-state index < -0.39 is 20.6 Å². The van der Waals surface area contributed by atoms with Crippen LogP contribution in [0.15, 0.2) is 58.2 Å². The molecule has 6 nitrogen and oxygen atoms in total. The van der Waals surface area contributed by atoms with Gasteiger partial charge in [-0.05, 0) is 55.7 Å². The van der Waals surface area contributed by atoms with Crippen molar-refractivity contribution >= 4 is 37.4 Å². The van der Waals surface area contributed by atoms with E-state index in [-0.39, 0.29) is 24.3 Å². The summed E-state index contributed by atoms with van der Waals surface area (Å²) < 4.78 is 33.3. The van der Waals surface area contributed by atoms with E-state index in [0.717, 1.165) is 15.7 Å². The Morgan fingerprint density at radius 3 is 2.52 bits per heavy atom. The predicted octanol–water partition coefficient (Wildman–Crippen LogP) is 4.24. The van der Waals surface area contributed by atoms with E-state index in [4.69, 9.17) is 4.74 Å². The normalized spacial score (nSPS) is 16.2. The number of imidazole rings is 1. The lowest BCUT2D eigenvalue weighted by molar-refractivity contribution is -0.148. The summed E-state index contributed by atoms with van der Waals surface area (Å²) in [7, 11) is -3.87. The maximum Gasteiger partial charge on any atom is 0.328 e. The number of hydrogen-bond acceptors (Lipinski definition) is 5. The van der Waals surface area contributed by atoms with Crippen LogP contribution in [0.2, 0.25) is 0 Å². The molecule has 8 heteroatoms. The Labute approximate surface area is 178 Å². The van der Waals surface area contributed by atoms with Crippen LogP contribution < -0.4 is 0 Å². The molecule has 1 saturated carbocycles. The lowest BCUT2D eigenvalue weighted by Crippen LogP contribution is -2.45. The highest BCUT2D eigenvalue weighted by Gasteiger charge is 2.54. The van der Waals surface area contributed by atoms with E-state index in [0.29, 0.717) is 18.5 Å². The zero-order valence-electron chi connectivity index (χ0n) is 16.0. The van der Waals surface area contributed by atoms with Crippen molar-refractivity contribution in [2.75, 3.05) is 0 Å². The highest BCUT2D eigenvalue weighted by Crippen LogP contribution is 2.41. The minimum Gasteiger partial charge on any atom is -0.458 e. The molecule has 0 atom stereocenters. The number of esters is 1. The van der Waals surface area contributed by atoms with Gasteiger partial charge < -0.3 is 9.14 Å². The second-order valence-corrected chi connectivity index (χ2v) is 10.6. The molecule has 0 unspecified atom stereocenters. The minimum absolute atomic E-state index is 0.0584. The number of halogens is 1. The van der Waals surface area contributed by atoms with E-state index in [9.17, 15) is 13.2 Å². The van der Waals surface area contributed by atoms with Gasteiger partial charge in [0.2, 0.25) is 0 Å². The maximum atomic E-state index is 13.4. The number of fused-ring (bicyclic) bond motifs is 1. The van der Waals surface area contributed by atoms with Gasteiger partial charge in [-0.25, -0.2) is 13.4 Å². The van der Waals surface area contributed by atoms with Gasteiger partial charge in [-0.2, -0.15) is 0 Å². The Balaban J connectivity index is 1.59. The molecule has 2 aromatic heterocycles. The third-order valence-electron chi connectivity index (χ3n) is 5.42. The first-order chi connectivity index (χ1) is 13.8. The highest BCUT2D eigenvalue weighted by atomic mass is 79.9. The molecule has 0 spiro atoms. The molecule has 0 aliphatic heterocycles. The molecule has 0 radical (unpaired) electrons. The molecule has 3 aromatic rings. The van der Waals surface area contributed by atoms with Crippen LogP contribution in [-0.4, -0.2) is 28.5 Å². The van der Waals surface area contributed by atoms with Crippen LogP contribution >= 0.6 is 15.9 Å². The van der Waals surface area contributed by atoms with Gasteiger partial charge in [-0.15, -0.1) is 0 Å². The van der Waals surface area contributed by atoms with E-state index in [2.05, 4.69) is 20.9 Å². The Bertz CT molecular complexity index is 1160. The largest absolute Gasteiger partial charge is 0.458 e. The molecule has 1 fully saturated rings. The number of carbonyl (C=O) groups is 1. The summed E-state index contributed by atoms with van der Waals surface area (Å²) in [6, 6.07) is 10.2. The lowest BCUT2D eigenvalue weighted by Gasteiger charge is -2.26. The molecule has 152 valence electrons. The monoisotopic (exact) mass is 476 g/mol. The predicted molar refractivity (Wildman–Crippen MR) is 112 cm³/mol. The molecule has 29 heavy (non-hydrogen) atoms. The van der Waals surface area contributed by atoms with E-state index in [1.807, 2.05) is 29.7 Å². The molecular formula is C21H21BrN2O4S. The van der Waals surface area contributed by atoms with Crippen molar-refractivity contribution in [2.24, 2.45) is 0 Å². The van der Waals surface area contributed by atoms with Crippen molar-refractivity contribution in [3.63, 3.8) is 0 Å². The third-order valence-corrected chi connectivity index (χ3v) is 8.45. The van der Waals surface area contributed by atoms with Crippen LogP contribution in [0, 0.1) is 6.92 Å². The van der Waals surface area contributed by atoms with Crippen molar-refractivity contribution in [2.45, 2.75) is 48.9 Å². The number of sulfone groups is 1. The van der Waals surface area contributed by atoms with E-state index in [1.54, 1.807) is 18.3 Å². The van der Waals surface area contributed by atoms with Crippen molar-refractivity contribution in [3.05, 3.63) is 64.5 Å². The van der Waals surface area contributed by atoms with Crippen molar-refractivity contribution in [1.29, 1.82) is 0 Å². The van der Waals surface area contributed by atoms with Crippen LogP contribution in [0.5, 0.6) is 0 Å². The molecule has 1 aromatic carbocycles. The zero-order valence-corrected chi connectivity index (χ0v) is 18.4. The van der Waals surface area contributed by atoms with Gasteiger partial charge in [0.1, 0.15) is 12.3 Å². The molecule has 0 saturated heterocycles.